The van der Waals surface area contributed by atoms with Gasteiger partial charge in [-0.1, -0.05) is 11.8 Å². The van der Waals surface area contributed by atoms with Crippen molar-refractivity contribution >= 4 is 23.4 Å². The van der Waals surface area contributed by atoms with E-state index in [0.717, 1.165) is 29.8 Å². The van der Waals surface area contributed by atoms with Crippen LogP contribution in [0.3, 0.4) is 0 Å². The summed E-state index contributed by atoms with van der Waals surface area (Å²) in [6.07, 6.45) is 2.39. The first-order valence-electron chi connectivity index (χ1n) is 8.95. The van der Waals surface area contributed by atoms with E-state index in [2.05, 4.69) is 15.1 Å². The highest BCUT2D eigenvalue weighted by Gasteiger charge is 2.29. The zero-order valence-corrected chi connectivity index (χ0v) is 15.7. The lowest BCUT2D eigenvalue weighted by Gasteiger charge is -2.36. The third kappa shape index (κ3) is 3.65. The second-order valence-corrected chi connectivity index (χ2v) is 7.79. The van der Waals surface area contributed by atoms with Crippen molar-refractivity contribution in [3.05, 3.63) is 30.1 Å². The molecule has 2 aliphatic rings. The smallest absolute Gasteiger partial charge is 0.233 e. The summed E-state index contributed by atoms with van der Waals surface area (Å²) in [7, 11) is 1.98. The van der Waals surface area contributed by atoms with Crippen LogP contribution in [0.25, 0.3) is 0 Å². The van der Waals surface area contributed by atoms with Gasteiger partial charge in [0.25, 0.3) is 0 Å². The van der Waals surface area contributed by atoms with Crippen molar-refractivity contribution in [3.63, 3.8) is 0 Å². The molecule has 1 N–H and O–H groups in total. The van der Waals surface area contributed by atoms with E-state index >= 15 is 0 Å². The van der Waals surface area contributed by atoms with Crippen LogP contribution >= 0.6 is 11.8 Å². The quantitative estimate of drug-likeness (QED) is 0.806. The van der Waals surface area contributed by atoms with Gasteiger partial charge in [0, 0.05) is 44.8 Å². The molecule has 1 saturated carbocycles. The van der Waals surface area contributed by atoms with Gasteiger partial charge in [0.05, 0.1) is 5.75 Å². The summed E-state index contributed by atoms with van der Waals surface area (Å²) in [6.45, 7) is 3.03. The molecule has 1 amide bonds. The number of phenols is 1. The molecule has 0 atom stereocenters. The minimum atomic E-state index is 0.149. The summed E-state index contributed by atoms with van der Waals surface area (Å²) >= 11 is 1.47. The van der Waals surface area contributed by atoms with Crippen LogP contribution in [-0.2, 0) is 11.8 Å². The molecular weight excluding hydrogens is 350 g/mol. The van der Waals surface area contributed by atoms with Crippen molar-refractivity contribution < 1.29 is 9.90 Å². The third-order valence-electron chi connectivity index (χ3n) is 4.98. The van der Waals surface area contributed by atoms with Crippen molar-refractivity contribution in [3.8, 4) is 5.75 Å². The number of hydrogen-bond donors (Lipinski definition) is 1. The summed E-state index contributed by atoms with van der Waals surface area (Å²) in [4.78, 5) is 16.7. The predicted octanol–water partition coefficient (Wildman–Crippen LogP) is 1.84. The number of aromatic hydroxyl groups is 1. The lowest BCUT2D eigenvalue weighted by Crippen LogP contribution is -2.49. The molecule has 4 rings (SSSR count). The Bertz CT molecular complexity index is 779. The van der Waals surface area contributed by atoms with Gasteiger partial charge in [-0.15, -0.1) is 10.2 Å². The Morgan fingerprint density at radius 2 is 1.85 bits per heavy atom. The summed E-state index contributed by atoms with van der Waals surface area (Å²) in [5.74, 6) is 2.42. The highest BCUT2D eigenvalue weighted by atomic mass is 32.2. The number of anilines is 1. The molecule has 1 aromatic heterocycles. The van der Waals surface area contributed by atoms with Crippen LogP contribution in [0, 0.1) is 0 Å². The average molecular weight is 373 g/mol. The molecular formula is C18H23N5O2S. The molecule has 1 aliphatic heterocycles. The Balaban J connectivity index is 1.27. The minimum Gasteiger partial charge on any atom is -0.508 e. The van der Waals surface area contributed by atoms with Gasteiger partial charge in [0.1, 0.15) is 11.6 Å². The molecule has 8 heteroatoms. The van der Waals surface area contributed by atoms with Gasteiger partial charge in [0.2, 0.25) is 5.91 Å². The fraction of sp³-hybridized carbons (Fsp3) is 0.500. The van der Waals surface area contributed by atoms with Crippen LogP contribution < -0.4 is 4.90 Å². The van der Waals surface area contributed by atoms with E-state index in [0.29, 0.717) is 24.8 Å². The van der Waals surface area contributed by atoms with Gasteiger partial charge < -0.3 is 19.5 Å². The lowest BCUT2D eigenvalue weighted by molar-refractivity contribution is -0.128. The highest BCUT2D eigenvalue weighted by molar-refractivity contribution is 7.99. The fourth-order valence-electron chi connectivity index (χ4n) is 3.24. The van der Waals surface area contributed by atoms with Crippen LogP contribution in [0.15, 0.2) is 29.4 Å². The number of phenolic OH excluding ortho intramolecular Hbond substituents is 1. The van der Waals surface area contributed by atoms with Crippen molar-refractivity contribution in [1.29, 1.82) is 0 Å². The number of rotatable bonds is 5. The standard InChI is InChI=1S/C18H23N5O2S/c1-21-17(13-2-3-13)19-20-18(21)26-12-16(25)23-10-8-22(9-11-23)14-4-6-15(24)7-5-14/h4-7,13,24H,2-3,8-12H2,1H3. The maximum absolute atomic E-state index is 12.5. The Labute approximate surface area is 157 Å². The van der Waals surface area contributed by atoms with Gasteiger partial charge >= 0.3 is 0 Å². The number of carbonyl (C=O) groups excluding carboxylic acids is 1. The van der Waals surface area contributed by atoms with Gasteiger partial charge in [-0.05, 0) is 37.1 Å². The SMILES string of the molecule is Cn1c(SCC(=O)N2CCN(c3ccc(O)cc3)CC2)nnc1C1CC1. The van der Waals surface area contributed by atoms with Gasteiger partial charge in [-0.2, -0.15) is 0 Å². The van der Waals surface area contributed by atoms with E-state index < -0.39 is 0 Å². The molecule has 26 heavy (non-hydrogen) atoms. The number of carbonyl (C=O) groups is 1. The van der Waals surface area contributed by atoms with E-state index in [1.54, 1.807) is 12.1 Å². The van der Waals surface area contributed by atoms with Crippen LogP contribution in [0.2, 0.25) is 0 Å². The Kier molecular flexibility index (Phi) is 4.76. The van der Waals surface area contributed by atoms with Crippen molar-refractivity contribution in [2.75, 3.05) is 36.8 Å². The molecule has 0 spiro atoms. The molecule has 0 bridgehead atoms. The van der Waals surface area contributed by atoms with Crippen molar-refractivity contribution in [2.24, 2.45) is 7.05 Å². The maximum atomic E-state index is 12.5. The van der Waals surface area contributed by atoms with Crippen LogP contribution in [-0.4, -0.2) is 62.6 Å². The molecule has 2 aromatic rings. The van der Waals surface area contributed by atoms with Crippen LogP contribution in [0.5, 0.6) is 5.75 Å². The van der Waals surface area contributed by atoms with E-state index in [9.17, 15) is 9.90 Å². The summed E-state index contributed by atoms with van der Waals surface area (Å²) in [6, 6.07) is 7.21. The van der Waals surface area contributed by atoms with Gasteiger partial charge in [-0.25, -0.2) is 0 Å². The van der Waals surface area contributed by atoms with Crippen LogP contribution in [0.1, 0.15) is 24.6 Å². The first-order valence-corrected chi connectivity index (χ1v) is 9.94. The first kappa shape index (κ1) is 17.2. The van der Waals surface area contributed by atoms with Crippen molar-refractivity contribution in [1.82, 2.24) is 19.7 Å². The van der Waals surface area contributed by atoms with E-state index in [4.69, 9.17) is 0 Å². The number of thioether (sulfide) groups is 1. The maximum Gasteiger partial charge on any atom is 0.233 e. The van der Waals surface area contributed by atoms with Gasteiger partial charge in [0.15, 0.2) is 5.16 Å². The lowest BCUT2D eigenvalue weighted by atomic mass is 10.2. The number of piperazine rings is 1. The monoisotopic (exact) mass is 373 g/mol. The number of hydrogen-bond acceptors (Lipinski definition) is 6. The van der Waals surface area contributed by atoms with Crippen LogP contribution in [0.4, 0.5) is 5.69 Å². The normalized spacial score (nSPS) is 17.6. The molecule has 138 valence electrons. The summed E-state index contributed by atoms with van der Waals surface area (Å²) in [5, 5.41) is 18.7. The Hall–Kier alpha value is -2.22. The second kappa shape index (κ2) is 7.19. The Morgan fingerprint density at radius 1 is 1.15 bits per heavy atom. The molecule has 0 radical (unpaired) electrons. The van der Waals surface area contributed by atoms with Gasteiger partial charge in [-0.3, -0.25) is 4.79 Å². The molecule has 1 aromatic carbocycles. The number of aromatic nitrogens is 3. The number of amides is 1. The topological polar surface area (TPSA) is 74.5 Å². The number of nitrogens with zero attached hydrogens (tertiary/aromatic N) is 5. The summed E-state index contributed by atoms with van der Waals surface area (Å²) < 4.78 is 2.03. The molecule has 2 fully saturated rings. The Morgan fingerprint density at radius 3 is 2.50 bits per heavy atom. The van der Waals surface area contributed by atoms with E-state index in [1.807, 2.05) is 28.6 Å². The largest absolute Gasteiger partial charge is 0.508 e. The fourth-order valence-corrected chi connectivity index (χ4v) is 4.06. The molecule has 7 nitrogen and oxygen atoms in total. The molecule has 0 unspecified atom stereocenters. The summed E-state index contributed by atoms with van der Waals surface area (Å²) in [5.41, 5.74) is 1.08. The number of benzene rings is 1. The average Bonchev–Trinajstić information content (AvgIpc) is 3.44. The highest BCUT2D eigenvalue weighted by Crippen LogP contribution is 2.39. The molecule has 1 aliphatic carbocycles. The molecule has 2 heterocycles. The zero-order chi connectivity index (χ0) is 18.1. The van der Waals surface area contributed by atoms with E-state index in [-0.39, 0.29) is 11.7 Å². The zero-order valence-electron chi connectivity index (χ0n) is 14.8. The van der Waals surface area contributed by atoms with E-state index in [1.165, 1.54) is 24.6 Å². The molecule has 1 saturated heterocycles. The predicted molar refractivity (Wildman–Crippen MR) is 101 cm³/mol. The first-order chi connectivity index (χ1) is 12.6. The minimum absolute atomic E-state index is 0.149. The second-order valence-electron chi connectivity index (χ2n) is 6.85. The third-order valence-corrected chi connectivity index (χ3v) is 5.99. The van der Waals surface area contributed by atoms with Crippen molar-refractivity contribution in [2.45, 2.75) is 23.9 Å².